The van der Waals surface area contributed by atoms with E-state index in [1.54, 1.807) is 18.2 Å². The molecule has 0 aliphatic rings. The summed E-state index contributed by atoms with van der Waals surface area (Å²) in [6, 6.07) is 16.1. The number of benzene rings is 2. The standard InChI is InChI=1S/C22H20ClN3O2/c1-14-4-3-5-15(2)20(14)26-21(27)17-10-11-24-19(12-17)22(28)25-13-16-6-8-18(23)9-7-16/h3-12H,13H2,1-2H3,(H,25,28)(H,26,27). The minimum Gasteiger partial charge on any atom is -0.347 e. The highest BCUT2D eigenvalue weighted by molar-refractivity contribution is 6.30. The van der Waals surface area contributed by atoms with Crippen LogP contribution in [0.1, 0.15) is 37.5 Å². The van der Waals surface area contributed by atoms with Gasteiger partial charge in [0.25, 0.3) is 11.8 Å². The lowest BCUT2D eigenvalue weighted by molar-refractivity contribution is 0.0946. The van der Waals surface area contributed by atoms with Crippen molar-refractivity contribution < 1.29 is 9.59 Å². The van der Waals surface area contributed by atoms with E-state index in [2.05, 4.69) is 15.6 Å². The molecule has 0 aliphatic carbocycles. The van der Waals surface area contributed by atoms with Gasteiger partial charge in [0.2, 0.25) is 0 Å². The molecule has 0 saturated carbocycles. The highest BCUT2D eigenvalue weighted by Crippen LogP contribution is 2.20. The highest BCUT2D eigenvalue weighted by Gasteiger charge is 2.13. The van der Waals surface area contributed by atoms with Crippen LogP contribution in [0.4, 0.5) is 5.69 Å². The zero-order chi connectivity index (χ0) is 20.1. The average Bonchev–Trinajstić information content (AvgIpc) is 2.70. The van der Waals surface area contributed by atoms with Crippen LogP contribution in [0.15, 0.2) is 60.8 Å². The van der Waals surface area contributed by atoms with Crippen molar-refractivity contribution in [3.63, 3.8) is 0 Å². The molecular weight excluding hydrogens is 374 g/mol. The summed E-state index contributed by atoms with van der Waals surface area (Å²) in [6.07, 6.45) is 1.46. The first-order chi connectivity index (χ1) is 13.4. The predicted octanol–water partition coefficient (Wildman–Crippen LogP) is 4.53. The van der Waals surface area contributed by atoms with Gasteiger partial charge in [-0.05, 0) is 54.8 Å². The smallest absolute Gasteiger partial charge is 0.270 e. The Kier molecular flexibility index (Phi) is 6.06. The van der Waals surface area contributed by atoms with E-state index in [1.165, 1.54) is 12.3 Å². The van der Waals surface area contributed by atoms with Gasteiger partial charge >= 0.3 is 0 Å². The molecule has 0 aliphatic heterocycles. The summed E-state index contributed by atoms with van der Waals surface area (Å²) in [6.45, 7) is 4.21. The van der Waals surface area contributed by atoms with E-state index in [0.29, 0.717) is 17.1 Å². The van der Waals surface area contributed by atoms with Crippen LogP contribution in [-0.2, 0) is 6.54 Å². The first-order valence-corrected chi connectivity index (χ1v) is 9.18. The van der Waals surface area contributed by atoms with Crippen molar-refractivity contribution in [1.82, 2.24) is 10.3 Å². The maximum absolute atomic E-state index is 12.6. The maximum Gasteiger partial charge on any atom is 0.270 e. The van der Waals surface area contributed by atoms with Crippen molar-refractivity contribution in [3.8, 4) is 0 Å². The SMILES string of the molecule is Cc1cccc(C)c1NC(=O)c1ccnc(C(=O)NCc2ccc(Cl)cc2)c1. The van der Waals surface area contributed by atoms with E-state index >= 15 is 0 Å². The fraction of sp³-hybridized carbons (Fsp3) is 0.136. The van der Waals surface area contributed by atoms with Gasteiger partial charge in [0.05, 0.1) is 0 Å². The first kappa shape index (κ1) is 19.6. The van der Waals surface area contributed by atoms with Crippen molar-refractivity contribution in [2.45, 2.75) is 20.4 Å². The molecule has 0 radical (unpaired) electrons. The maximum atomic E-state index is 12.6. The zero-order valence-electron chi connectivity index (χ0n) is 15.6. The summed E-state index contributed by atoms with van der Waals surface area (Å²) >= 11 is 5.86. The van der Waals surface area contributed by atoms with E-state index in [1.807, 2.05) is 44.2 Å². The highest BCUT2D eigenvalue weighted by atomic mass is 35.5. The molecule has 142 valence electrons. The minimum atomic E-state index is -0.350. The molecule has 0 bridgehead atoms. The number of anilines is 1. The first-order valence-electron chi connectivity index (χ1n) is 8.80. The Hall–Kier alpha value is -3.18. The summed E-state index contributed by atoms with van der Waals surface area (Å²) in [7, 11) is 0. The van der Waals surface area contributed by atoms with Crippen molar-refractivity contribution in [2.24, 2.45) is 0 Å². The Morgan fingerprint density at radius 2 is 1.64 bits per heavy atom. The molecule has 1 aromatic heterocycles. The van der Waals surface area contributed by atoms with Gasteiger partial charge in [-0.15, -0.1) is 0 Å². The molecule has 5 nitrogen and oxygen atoms in total. The second kappa shape index (κ2) is 8.67. The van der Waals surface area contributed by atoms with E-state index in [-0.39, 0.29) is 17.5 Å². The number of aromatic nitrogens is 1. The molecule has 0 atom stereocenters. The molecule has 2 N–H and O–H groups in total. The van der Waals surface area contributed by atoms with Crippen molar-refractivity contribution >= 4 is 29.1 Å². The van der Waals surface area contributed by atoms with Gasteiger partial charge in [0, 0.05) is 29.0 Å². The number of amides is 2. The van der Waals surface area contributed by atoms with Gasteiger partial charge in [-0.3, -0.25) is 14.6 Å². The van der Waals surface area contributed by atoms with E-state index in [0.717, 1.165) is 22.4 Å². The molecule has 0 saturated heterocycles. The number of para-hydroxylation sites is 1. The van der Waals surface area contributed by atoms with E-state index < -0.39 is 0 Å². The Morgan fingerprint density at radius 3 is 2.32 bits per heavy atom. The molecule has 2 aromatic carbocycles. The molecule has 28 heavy (non-hydrogen) atoms. The van der Waals surface area contributed by atoms with E-state index in [9.17, 15) is 9.59 Å². The molecular formula is C22H20ClN3O2. The lowest BCUT2D eigenvalue weighted by Gasteiger charge is -2.12. The summed E-state index contributed by atoms with van der Waals surface area (Å²) in [5.74, 6) is -0.636. The topological polar surface area (TPSA) is 71.1 Å². The van der Waals surface area contributed by atoms with Gasteiger partial charge in [0.1, 0.15) is 5.69 Å². The van der Waals surface area contributed by atoms with Crippen LogP contribution in [0, 0.1) is 13.8 Å². The van der Waals surface area contributed by atoms with Crippen LogP contribution in [0.2, 0.25) is 5.02 Å². The third-order valence-corrected chi connectivity index (χ3v) is 4.59. The lowest BCUT2D eigenvalue weighted by atomic mass is 10.1. The average molecular weight is 394 g/mol. The van der Waals surface area contributed by atoms with Gasteiger partial charge in [0.15, 0.2) is 0 Å². The number of hydrogen-bond acceptors (Lipinski definition) is 3. The van der Waals surface area contributed by atoms with Gasteiger partial charge in [-0.25, -0.2) is 0 Å². The van der Waals surface area contributed by atoms with Crippen LogP contribution < -0.4 is 10.6 Å². The quantitative estimate of drug-likeness (QED) is 0.668. The van der Waals surface area contributed by atoms with Gasteiger partial charge in [-0.1, -0.05) is 41.9 Å². The summed E-state index contributed by atoms with van der Waals surface area (Å²) < 4.78 is 0. The molecule has 3 aromatic rings. The number of hydrogen-bond donors (Lipinski definition) is 2. The molecule has 3 rings (SSSR count). The van der Waals surface area contributed by atoms with Crippen LogP contribution >= 0.6 is 11.6 Å². The Labute approximate surface area is 168 Å². The molecule has 6 heteroatoms. The summed E-state index contributed by atoms with van der Waals surface area (Å²) in [4.78, 5) is 29.1. The number of carbonyl (C=O) groups is 2. The molecule has 2 amide bonds. The van der Waals surface area contributed by atoms with Crippen molar-refractivity contribution in [3.05, 3.63) is 93.8 Å². The Balaban J connectivity index is 1.69. The minimum absolute atomic E-state index is 0.183. The fourth-order valence-corrected chi connectivity index (χ4v) is 2.89. The molecule has 1 heterocycles. The number of rotatable bonds is 5. The second-order valence-corrected chi connectivity index (χ2v) is 6.90. The molecule has 0 fully saturated rings. The third-order valence-electron chi connectivity index (χ3n) is 4.34. The summed E-state index contributed by atoms with van der Waals surface area (Å²) in [5.41, 5.74) is 4.20. The van der Waals surface area contributed by atoms with Crippen LogP contribution in [-0.4, -0.2) is 16.8 Å². The Morgan fingerprint density at radius 1 is 0.964 bits per heavy atom. The van der Waals surface area contributed by atoms with Crippen LogP contribution in [0.5, 0.6) is 0 Å². The second-order valence-electron chi connectivity index (χ2n) is 6.46. The Bertz CT molecular complexity index is 996. The zero-order valence-corrected chi connectivity index (χ0v) is 16.4. The van der Waals surface area contributed by atoms with Crippen LogP contribution in [0.25, 0.3) is 0 Å². The number of nitrogens with zero attached hydrogens (tertiary/aromatic N) is 1. The third kappa shape index (κ3) is 4.75. The monoisotopic (exact) mass is 393 g/mol. The normalized spacial score (nSPS) is 10.4. The van der Waals surface area contributed by atoms with Crippen LogP contribution in [0.3, 0.4) is 0 Å². The van der Waals surface area contributed by atoms with E-state index in [4.69, 9.17) is 11.6 Å². The summed E-state index contributed by atoms with van der Waals surface area (Å²) in [5, 5.41) is 6.34. The number of nitrogens with one attached hydrogen (secondary N) is 2. The lowest BCUT2D eigenvalue weighted by Crippen LogP contribution is -2.24. The predicted molar refractivity (Wildman–Crippen MR) is 111 cm³/mol. The number of pyridine rings is 1. The fourth-order valence-electron chi connectivity index (χ4n) is 2.77. The van der Waals surface area contributed by atoms with Gasteiger partial charge in [-0.2, -0.15) is 0 Å². The number of aryl methyl sites for hydroxylation is 2. The van der Waals surface area contributed by atoms with Gasteiger partial charge < -0.3 is 10.6 Å². The van der Waals surface area contributed by atoms with Crippen molar-refractivity contribution in [1.29, 1.82) is 0 Å². The largest absolute Gasteiger partial charge is 0.347 e. The molecule has 0 unspecified atom stereocenters. The number of carbonyl (C=O) groups excluding carboxylic acids is 2. The van der Waals surface area contributed by atoms with Crippen molar-refractivity contribution in [2.75, 3.05) is 5.32 Å². The number of halogens is 1. The molecule has 0 spiro atoms.